The number of allylic oxidation sites excluding steroid dienone is 1. The molecule has 2 heterocycles. The van der Waals surface area contributed by atoms with Crippen molar-refractivity contribution < 1.29 is 4.57 Å². The van der Waals surface area contributed by atoms with E-state index < -0.39 is 0 Å². The lowest BCUT2D eigenvalue weighted by Crippen LogP contribution is -2.44. The van der Waals surface area contributed by atoms with E-state index in [1.165, 1.54) is 66.1 Å². The molecule has 2 nitrogen and oxygen atoms in total. The zero-order valence-electron chi connectivity index (χ0n) is 20.4. The van der Waals surface area contributed by atoms with E-state index in [9.17, 15) is 0 Å². The number of nitrogens with zero attached hydrogens (tertiary/aromatic N) is 2. The molecule has 3 aromatic rings. The van der Waals surface area contributed by atoms with E-state index in [0.717, 1.165) is 0 Å². The molecule has 1 aliphatic heterocycles. The average molecular weight is 426 g/mol. The third-order valence-corrected chi connectivity index (χ3v) is 7.77. The van der Waals surface area contributed by atoms with Crippen LogP contribution in [-0.2, 0) is 10.8 Å². The van der Waals surface area contributed by atoms with Crippen LogP contribution >= 0.6 is 0 Å². The molecular weight excluding hydrogens is 388 g/mol. The Morgan fingerprint density at radius 3 is 2.19 bits per heavy atom. The monoisotopic (exact) mass is 425 g/mol. The van der Waals surface area contributed by atoms with Gasteiger partial charge in [-0.1, -0.05) is 67.8 Å². The Bertz CT molecular complexity index is 1150. The molecule has 0 bridgehead atoms. The second-order valence-electron chi connectivity index (χ2n) is 10.9. The van der Waals surface area contributed by atoms with Crippen molar-refractivity contribution in [2.24, 2.45) is 5.92 Å². The molecule has 1 aliphatic carbocycles. The van der Waals surface area contributed by atoms with Crippen LogP contribution in [0.4, 0.5) is 0 Å². The quantitative estimate of drug-likeness (QED) is 0.398. The summed E-state index contributed by atoms with van der Waals surface area (Å²) in [5, 5.41) is 0. The van der Waals surface area contributed by atoms with Crippen molar-refractivity contribution in [1.29, 1.82) is 0 Å². The third kappa shape index (κ3) is 3.10. The summed E-state index contributed by atoms with van der Waals surface area (Å²) in [5.41, 5.74) is 6.87. The van der Waals surface area contributed by atoms with Gasteiger partial charge in [-0.25, -0.2) is 4.57 Å². The van der Waals surface area contributed by atoms with Gasteiger partial charge in [0.25, 0.3) is 5.82 Å². The number of benzene rings is 2. The molecule has 0 N–H and O–H groups in total. The van der Waals surface area contributed by atoms with Crippen LogP contribution in [0.1, 0.15) is 81.2 Å². The van der Waals surface area contributed by atoms with Gasteiger partial charge in [-0.3, -0.25) is 0 Å². The van der Waals surface area contributed by atoms with E-state index in [4.69, 9.17) is 0 Å². The lowest BCUT2D eigenvalue weighted by Gasteiger charge is -2.37. The van der Waals surface area contributed by atoms with Gasteiger partial charge in [0, 0.05) is 6.92 Å². The van der Waals surface area contributed by atoms with Gasteiger partial charge in [0.2, 0.25) is 0 Å². The first-order chi connectivity index (χ1) is 15.4. The molecule has 1 aromatic heterocycles. The summed E-state index contributed by atoms with van der Waals surface area (Å²) >= 11 is 0. The van der Waals surface area contributed by atoms with Gasteiger partial charge in [0.05, 0.1) is 17.0 Å². The summed E-state index contributed by atoms with van der Waals surface area (Å²) in [6.45, 7) is 11.6. The smallest absolute Gasteiger partial charge is 0.202 e. The molecule has 2 aliphatic rings. The molecule has 2 aromatic carbocycles. The molecule has 2 heteroatoms. The van der Waals surface area contributed by atoms with Crippen LogP contribution in [0.5, 0.6) is 0 Å². The molecule has 5 rings (SSSR count). The Hall–Kier alpha value is -2.61. The van der Waals surface area contributed by atoms with E-state index in [1.54, 1.807) is 0 Å². The number of imidazole rings is 1. The van der Waals surface area contributed by atoms with Crippen LogP contribution in [0.2, 0.25) is 0 Å². The molecule has 1 fully saturated rings. The highest BCUT2D eigenvalue weighted by Gasteiger charge is 2.53. The number of aromatic nitrogens is 2. The molecule has 0 spiro atoms. The Morgan fingerprint density at radius 2 is 1.53 bits per heavy atom. The highest BCUT2D eigenvalue weighted by Crippen LogP contribution is 2.50. The average Bonchev–Trinajstić information content (AvgIpc) is 3.32. The number of hydrogen-bond acceptors (Lipinski definition) is 0. The fourth-order valence-electron chi connectivity index (χ4n) is 6.44. The molecule has 1 saturated carbocycles. The highest BCUT2D eigenvalue weighted by molar-refractivity contribution is 5.53. The fraction of sp³-hybridized carbons (Fsp3) is 0.433. The topological polar surface area (TPSA) is 8.81 Å². The van der Waals surface area contributed by atoms with E-state index >= 15 is 0 Å². The number of rotatable bonds is 3. The van der Waals surface area contributed by atoms with E-state index in [2.05, 4.69) is 111 Å². The second kappa shape index (κ2) is 7.76. The summed E-state index contributed by atoms with van der Waals surface area (Å²) in [6.07, 6.45) is 11.6. The van der Waals surface area contributed by atoms with Crippen molar-refractivity contribution in [3.8, 4) is 5.69 Å². The largest absolute Gasteiger partial charge is 0.272 e. The summed E-state index contributed by atoms with van der Waals surface area (Å²) < 4.78 is 5.10. The Balaban J connectivity index is 1.85. The predicted octanol–water partition coefficient (Wildman–Crippen LogP) is 7.03. The fourth-order valence-corrected chi connectivity index (χ4v) is 6.44. The van der Waals surface area contributed by atoms with Crippen molar-refractivity contribution in [2.75, 3.05) is 0 Å². The standard InChI is InChI=1S/C30H37N2/c1-22-14-12-13-19-26(22)32-23(2)27-30(24-15-8-6-9-16-24,25-17-10-7-11-18-25)20-21-31(27)28(32)29(3,4)5/h6,8-9,12-16,19-21,25H,7,10-11,17-18H2,1-5H3/q+1. The van der Waals surface area contributed by atoms with Crippen LogP contribution in [0.15, 0.2) is 60.7 Å². The minimum atomic E-state index is -0.0559. The van der Waals surface area contributed by atoms with Gasteiger partial charge in [-0.05, 0) is 69.7 Å². The summed E-state index contributed by atoms with van der Waals surface area (Å²) in [4.78, 5) is 0. The van der Waals surface area contributed by atoms with E-state index in [-0.39, 0.29) is 10.8 Å². The lowest BCUT2D eigenvalue weighted by atomic mass is 9.63. The Kier molecular flexibility index (Phi) is 5.15. The zero-order chi connectivity index (χ0) is 22.5. The lowest BCUT2D eigenvalue weighted by molar-refractivity contribution is -0.587. The number of para-hydroxylation sites is 1. The number of aryl methyl sites for hydroxylation is 1. The predicted molar refractivity (Wildman–Crippen MR) is 133 cm³/mol. The van der Waals surface area contributed by atoms with Crippen LogP contribution < -0.4 is 4.57 Å². The molecule has 32 heavy (non-hydrogen) atoms. The molecule has 1 atom stereocenters. The molecule has 0 saturated heterocycles. The number of hydrogen-bond donors (Lipinski definition) is 0. The van der Waals surface area contributed by atoms with Crippen molar-refractivity contribution in [3.63, 3.8) is 0 Å². The zero-order valence-corrected chi connectivity index (χ0v) is 20.4. The molecular formula is C30H37N2+. The van der Waals surface area contributed by atoms with E-state index in [0.29, 0.717) is 5.92 Å². The van der Waals surface area contributed by atoms with Crippen LogP contribution in [0.25, 0.3) is 11.9 Å². The normalized spacial score (nSPS) is 21.2. The first-order valence-corrected chi connectivity index (χ1v) is 12.3. The van der Waals surface area contributed by atoms with Gasteiger partial charge in [-0.15, -0.1) is 0 Å². The summed E-state index contributed by atoms with van der Waals surface area (Å²) in [5.74, 6) is 2.01. The SMILES string of the molecule is Cc1ccccc1-n1c(C)c2[n+](c1C(C)(C)C)C=CC2(c1ccccc1)C1CCCCC1. The van der Waals surface area contributed by atoms with Gasteiger partial charge >= 0.3 is 0 Å². The maximum Gasteiger partial charge on any atom is 0.272 e. The minimum Gasteiger partial charge on any atom is -0.202 e. The summed E-state index contributed by atoms with van der Waals surface area (Å²) in [6, 6.07) is 20.1. The van der Waals surface area contributed by atoms with Gasteiger partial charge in [0.1, 0.15) is 5.69 Å². The Morgan fingerprint density at radius 1 is 0.875 bits per heavy atom. The number of fused-ring (bicyclic) bond motifs is 1. The van der Waals surface area contributed by atoms with Crippen molar-refractivity contribution in [1.82, 2.24) is 4.57 Å². The van der Waals surface area contributed by atoms with Gasteiger partial charge < -0.3 is 0 Å². The van der Waals surface area contributed by atoms with Crippen molar-refractivity contribution in [3.05, 3.63) is 89.0 Å². The second-order valence-corrected chi connectivity index (χ2v) is 10.9. The maximum absolute atomic E-state index is 2.55. The summed E-state index contributed by atoms with van der Waals surface area (Å²) in [7, 11) is 0. The van der Waals surface area contributed by atoms with Gasteiger partial charge in [0.15, 0.2) is 11.4 Å². The van der Waals surface area contributed by atoms with Crippen LogP contribution in [-0.4, -0.2) is 4.57 Å². The maximum atomic E-state index is 2.55. The molecule has 1 unspecified atom stereocenters. The van der Waals surface area contributed by atoms with Crippen molar-refractivity contribution in [2.45, 2.75) is 77.6 Å². The molecule has 0 amide bonds. The van der Waals surface area contributed by atoms with E-state index in [1.807, 2.05) is 0 Å². The minimum absolute atomic E-state index is 0.00889. The van der Waals surface area contributed by atoms with Gasteiger partial charge in [-0.2, -0.15) is 4.57 Å². The van der Waals surface area contributed by atoms with Crippen molar-refractivity contribution >= 4 is 6.20 Å². The highest BCUT2D eigenvalue weighted by atomic mass is 15.2. The molecule has 166 valence electrons. The van der Waals surface area contributed by atoms with Crippen LogP contribution in [0.3, 0.4) is 0 Å². The van der Waals surface area contributed by atoms with Crippen LogP contribution in [0, 0.1) is 19.8 Å². The first-order valence-electron chi connectivity index (χ1n) is 12.3. The third-order valence-electron chi connectivity index (χ3n) is 7.77. The first kappa shape index (κ1) is 21.2. The molecule has 0 radical (unpaired) electrons. The Labute approximate surface area is 193 Å².